The van der Waals surface area contributed by atoms with Gasteiger partial charge in [-0.25, -0.2) is 0 Å². The molecule has 0 bridgehead atoms. The molecule has 0 aliphatic heterocycles. The lowest BCUT2D eigenvalue weighted by Crippen LogP contribution is -2.83. The summed E-state index contributed by atoms with van der Waals surface area (Å²) < 4.78 is 21.9. The minimum atomic E-state index is -1.77. The molecule has 0 amide bonds. The van der Waals surface area contributed by atoms with E-state index in [9.17, 15) is 20.6 Å². The van der Waals surface area contributed by atoms with Crippen LogP contribution in [0.15, 0.2) is 30.3 Å². The van der Waals surface area contributed by atoms with Crippen molar-refractivity contribution in [1.29, 1.82) is 10.5 Å². The first-order valence-electron chi connectivity index (χ1n) is 7.84. The zero-order valence-electron chi connectivity index (χ0n) is 15.3. The number of nitriles is 2. The second kappa shape index (κ2) is 7.43. The minimum absolute atomic E-state index is 0.0416. The molecule has 0 radical (unpaired) electrons. The molecule has 0 heterocycles. The smallest absolute Gasteiger partial charge is 0.269 e. The molecule has 1 atom stereocenters. The van der Waals surface area contributed by atoms with Crippen molar-refractivity contribution in [1.82, 2.24) is 0 Å². The summed E-state index contributed by atoms with van der Waals surface area (Å²) in [5, 5.41) is 30.3. The topological polar surface area (TPSA) is 128 Å². The van der Waals surface area contributed by atoms with E-state index in [1.807, 2.05) is 12.1 Å². The van der Waals surface area contributed by atoms with Gasteiger partial charge in [0.2, 0.25) is 11.2 Å². The monoisotopic (exact) mass is 373 g/mol. The fourth-order valence-corrected chi connectivity index (χ4v) is 3.68. The Balaban J connectivity index is 2.50. The standard InChI is InChI=1S/C18H19N3O6/c1-24-17(25-2)15(16(11-19,12-20)18(17,26-3)27-4)10-7-13-5-8-14(9-6-13)21(22)23/h5-10,15H,1-4H3. The van der Waals surface area contributed by atoms with E-state index in [1.54, 1.807) is 24.3 Å². The molecule has 9 nitrogen and oxygen atoms in total. The molecule has 1 aliphatic carbocycles. The van der Waals surface area contributed by atoms with Crippen LogP contribution in [0.5, 0.6) is 0 Å². The average Bonchev–Trinajstić information content (AvgIpc) is 2.69. The predicted octanol–water partition coefficient (Wildman–Crippen LogP) is 2.25. The van der Waals surface area contributed by atoms with Gasteiger partial charge >= 0.3 is 0 Å². The minimum Gasteiger partial charge on any atom is -0.348 e. The van der Waals surface area contributed by atoms with Crippen LogP contribution in [0.2, 0.25) is 0 Å². The number of hydrogen-bond donors (Lipinski definition) is 0. The fourth-order valence-electron chi connectivity index (χ4n) is 3.68. The number of nitrogens with zero attached hydrogens (tertiary/aromatic N) is 3. The van der Waals surface area contributed by atoms with Crippen LogP contribution < -0.4 is 0 Å². The molecule has 142 valence electrons. The number of nitro groups is 1. The summed E-state index contributed by atoms with van der Waals surface area (Å²) >= 11 is 0. The van der Waals surface area contributed by atoms with Crippen LogP contribution in [0.3, 0.4) is 0 Å². The fraction of sp³-hybridized carbons (Fsp3) is 0.444. The molecule has 1 unspecified atom stereocenters. The van der Waals surface area contributed by atoms with Gasteiger partial charge in [0.25, 0.3) is 11.5 Å². The first-order chi connectivity index (χ1) is 12.9. The van der Waals surface area contributed by atoms with E-state index < -0.39 is 27.8 Å². The Labute approximate surface area is 156 Å². The maximum atomic E-state index is 10.8. The van der Waals surface area contributed by atoms with Crippen LogP contribution in [0.4, 0.5) is 5.69 Å². The lowest BCUT2D eigenvalue weighted by Gasteiger charge is -2.64. The van der Waals surface area contributed by atoms with E-state index in [4.69, 9.17) is 18.9 Å². The maximum absolute atomic E-state index is 10.8. The van der Waals surface area contributed by atoms with Crippen molar-refractivity contribution in [3.63, 3.8) is 0 Å². The second-order valence-electron chi connectivity index (χ2n) is 5.82. The average molecular weight is 373 g/mol. The molecule has 1 aliphatic rings. The molecule has 0 N–H and O–H groups in total. The molecule has 27 heavy (non-hydrogen) atoms. The highest BCUT2D eigenvalue weighted by atomic mass is 16.8. The molecule has 0 saturated heterocycles. The Morgan fingerprint density at radius 3 is 1.93 bits per heavy atom. The van der Waals surface area contributed by atoms with Crippen molar-refractivity contribution >= 4 is 11.8 Å². The molecular weight excluding hydrogens is 354 g/mol. The lowest BCUT2D eigenvalue weighted by atomic mass is 9.51. The quantitative estimate of drug-likeness (QED) is 0.404. The molecule has 9 heteroatoms. The number of non-ortho nitro benzene ring substituents is 1. The van der Waals surface area contributed by atoms with Crippen molar-refractivity contribution in [2.75, 3.05) is 28.4 Å². The number of methoxy groups -OCH3 is 4. The van der Waals surface area contributed by atoms with Gasteiger partial charge in [0.15, 0.2) is 0 Å². The molecule has 1 saturated carbocycles. The highest BCUT2D eigenvalue weighted by molar-refractivity contribution is 5.54. The van der Waals surface area contributed by atoms with Gasteiger partial charge in [0.05, 0.1) is 23.0 Å². The Morgan fingerprint density at radius 2 is 1.56 bits per heavy atom. The normalized spacial score (nSPS) is 21.8. The SMILES string of the molecule is COC1(OC)C(C=Cc2ccc([N+](=O)[O-])cc2)C(C#N)(C#N)C1(OC)OC. The first kappa shape index (κ1) is 20.5. The Morgan fingerprint density at radius 1 is 1.04 bits per heavy atom. The predicted molar refractivity (Wildman–Crippen MR) is 92.8 cm³/mol. The molecule has 0 spiro atoms. The van der Waals surface area contributed by atoms with E-state index in [1.165, 1.54) is 40.6 Å². The summed E-state index contributed by atoms with van der Waals surface area (Å²) in [5.74, 6) is -4.17. The third-order valence-corrected chi connectivity index (χ3v) is 4.97. The van der Waals surface area contributed by atoms with Crippen molar-refractivity contribution in [2.45, 2.75) is 11.6 Å². The number of benzene rings is 1. The second-order valence-corrected chi connectivity index (χ2v) is 5.82. The molecular formula is C18H19N3O6. The molecule has 0 aromatic heterocycles. The Bertz CT molecular complexity index is 799. The van der Waals surface area contributed by atoms with Gasteiger partial charge in [0.1, 0.15) is 0 Å². The van der Waals surface area contributed by atoms with Crippen molar-refractivity contribution in [2.24, 2.45) is 11.3 Å². The molecule has 1 fully saturated rings. The van der Waals surface area contributed by atoms with Crippen LogP contribution in [0, 0.1) is 44.1 Å². The zero-order valence-corrected chi connectivity index (χ0v) is 15.3. The first-order valence-corrected chi connectivity index (χ1v) is 7.84. The van der Waals surface area contributed by atoms with Crippen molar-refractivity contribution in [3.8, 4) is 12.1 Å². The van der Waals surface area contributed by atoms with Gasteiger partial charge in [-0.15, -0.1) is 0 Å². The number of hydrogen-bond acceptors (Lipinski definition) is 8. The number of rotatable bonds is 7. The largest absolute Gasteiger partial charge is 0.348 e. The number of ether oxygens (including phenoxy) is 4. The molecule has 2 rings (SSSR count). The Kier molecular flexibility index (Phi) is 5.64. The van der Waals surface area contributed by atoms with E-state index >= 15 is 0 Å². The zero-order chi connectivity index (χ0) is 20.3. The summed E-state index contributed by atoms with van der Waals surface area (Å²) in [7, 11) is 5.33. The third kappa shape index (κ3) is 2.52. The number of nitro benzene ring substituents is 1. The van der Waals surface area contributed by atoms with Gasteiger partial charge in [-0.1, -0.05) is 12.2 Å². The van der Waals surface area contributed by atoms with E-state index in [-0.39, 0.29) is 5.69 Å². The van der Waals surface area contributed by atoms with Crippen LogP contribution >= 0.6 is 0 Å². The van der Waals surface area contributed by atoms with Gasteiger partial charge in [-0.2, -0.15) is 10.5 Å². The van der Waals surface area contributed by atoms with E-state index in [0.29, 0.717) is 5.56 Å². The Hall–Kier alpha value is -2.82. The summed E-state index contributed by atoms with van der Waals surface area (Å²) in [6, 6.07) is 9.78. The highest BCUT2D eigenvalue weighted by Crippen LogP contribution is 2.65. The summed E-state index contributed by atoms with van der Waals surface area (Å²) in [6.45, 7) is 0. The molecule has 1 aromatic rings. The summed E-state index contributed by atoms with van der Waals surface area (Å²) in [5.41, 5.74) is -1.14. The van der Waals surface area contributed by atoms with Gasteiger partial charge in [0, 0.05) is 40.6 Å². The molecule has 1 aromatic carbocycles. The van der Waals surface area contributed by atoms with Crippen molar-refractivity contribution < 1.29 is 23.9 Å². The van der Waals surface area contributed by atoms with Crippen LogP contribution in [-0.2, 0) is 18.9 Å². The summed E-state index contributed by atoms with van der Waals surface area (Å²) in [6.07, 6.45) is 3.21. The van der Waals surface area contributed by atoms with Crippen LogP contribution in [0.25, 0.3) is 6.08 Å². The van der Waals surface area contributed by atoms with Gasteiger partial charge in [-0.3, -0.25) is 10.1 Å². The van der Waals surface area contributed by atoms with Crippen molar-refractivity contribution in [3.05, 3.63) is 46.0 Å². The van der Waals surface area contributed by atoms with Crippen LogP contribution in [0.1, 0.15) is 5.56 Å². The van der Waals surface area contributed by atoms with Crippen LogP contribution in [-0.4, -0.2) is 44.9 Å². The van der Waals surface area contributed by atoms with E-state index in [0.717, 1.165) is 0 Å². The lowest BCUT2D eigenvalue weighted by molar-refractivity contribution is -0.489. The third-order valence-electron chi connectivity index (χ3n) is 4.97. The van der Waals surface area contributed by atoms with E-state index in [2.05, 4.69) is 0 Å². The summed E-state index contributed by atoms with van der Waals surface area (Å²) in [4.78, 5) is 10.3. The van der Waals surface area contributed by atoms with Gasteiger partial charge in [-0.05, 0) is 17.7 Å². The van der Waals surface area contributed by atoms with Gasteiger partial charge < -0.3 is 18.9 Å². The highest BCUT2D eigenvalue weighted by Gasteiger charge is 2.85. The maximum Gasteiger partial charge on any atom is 0.269 e.